The van der Waals surface area contributed by atoms with E-state index in [1.54, 1.807) is 12.1 Å². The Morgan fingerprint density at radius 2 is 2.12 bits per heavy atom. The molecule has 0 atom stereocenters. The number of rotatable bonds is 5. The summed E-state index contributed by atoms with van der Waals surface area (Å²) in [4.78, 5) is 11.8. The van der Waals surface area contributed by atoms with E-state index >= 15 is 0 Å². The highest BCUT2D eigenvalue weighted by Crippen LogP contribution is 2.19. The van der Waals surface area contributed by atoms with Gasteiger partial charge in [0.15, 0.2) is 0 Å². The van der Waals surface area contributed by atoms with Crippen molar-refractivity contribution in [3.63, 3.8) is 0 Å². The molecule has 0 saturated carbocycles. The Labute approximate surface area is 115 Å². The molecule has 0 bridgehead atoms. The topological polar surface area (TPSA) is 61.4 Å². The van der Waals surface area contributed by atoms with Crippen LogP contribution in [0, 0.1) is 3.57 Å². The summed E-state index contributed by atoms with van der Waals surface area (Å²) in [7, 11) is 0. The van der Waals surface area contributed by atoms with Gasteiger partial charge in [0.1, 0.15) is 5.75 Å². The van der Waals surface area contributed by atoms with Crippen molar-refractivity contribution in [2.45, 2.75) is 19.9 Å². The summed E-state index contributed by atoms with van der Waals surface area (Å²) in [6, 6.07) is 5.36. The summed E-state index contributed by atoms with van der Waals surface area (Å²) in [6.45, 7) is 5.36. The van der Waals surface area contributed by atoms with Crippen LogP contribution in [0.15, 0.2) is 18.2 Å². The molecular weight excluding hydrogens is 331 g/mol. The number of hydrogen-bond donors (Lipinski definition) is 3. The number of carbonyl (C=O) groups is 1. The first-order valence-corrected chi connectivity index (χ1v) is 6.58. The molecule has 0 saturated heterocycles. The average Bonchev–Trinajstić information content (AvgIpc) is 2.27. The molecule has 4 nitrogen and oxygen atoms in total. The Balaban J connectivity index is 2.49. The Morgan fingerprint density at radius 3 is 2.76 bits per heavy atom. The highest BCUT2D eigenvalue weighted by atomic mass is 127. The molecule has 1 rings (SSSR count). The first-order valence-electron chi connectivity index (χ1n) is 5.51. The minimum Gasteiger partial charge on any atom is -0.507 e. The summed E-state index contributed by atoms with van der Waals surface area (Å²) in [5.74, 6) is -0.230. The minimum absolute atomic E-state index is 0.0136. The van der Waals surface area contributed by atoms with Crippen LogP contribution in [0.1, 0.15) is 24.2 Å². The van der Waals surface area contributed by atoms with Gasteiger partial charge in [-0.15, -0.1) is 0 Å². The van der Waals surface area contributed by atoms with Crippen LogP contribution in [0.25, 0.3) is 0 Å². The lowest BCUT2D eigenvalue weighted by molar-refractivity contribution is 0.0951. The van der Waals surface area contributed by atoms with Gasteiger partial charge < -0.3 is 15.7 Å². The van der Waals surface area contributed by atoms with Crippen molar-refractivity contribution in [3.05, 3.63) is 27.3 Å². The van der Waals surface area contributed by atoms with Gasteiger partial charge in [-0.2, -0.15) is 0 Å². The number of halogens is 1. The van der Waals surface area contributed by atoms with Crippen molar-refractivity contribution in [1.29, 1.82) is 0 Å². The molecule has 0 aliphatic carbocycles. The number of aromatic hydroxyl groups is 1. The monoisotopic (exact) mass is 348 g/mol. The molecule has 1 aromatic rings. The van der Waals surface area contributed by atoms with Crippen LogP contribution in [0.5, 0.6) is 5.75 Å². The average molecular weight is 348 g/mol. The zero-order valence-electron chi connectivity index (χ0n) is 9.96. The molecule has 0 heterocycles. The molecular formula is C12H17IN2O2. The maximum Gasteiger partial charge on any atom is 0.255 e. The molecule has 17 heavy (non-hydrogen) atoms. The maximum absolute atomic E-state index is 11.8. The molecule has 5 heteroatoms. The number of carbonyl (C=O) groups excluding carboxylic acids is 1. The first-order chi connectivity index (χ1) is 8.00. The van der Waals surface area contributed by atoms with Crippen molar-refractivity contribution in [2.75, 3.05) is 13.1 Å². The molecule has 0 spiro atoms. The van der Waals surface area contributed by atoms with E-state index in [9.17, 15) is 9.90 Å². The van der Waals surface area contributed by atoms with E-state index in [-0.39, 0.29) is 11.7 Å². The van der Waals surface area contributed by atoms with Gasteiger partial charge in [-0.3, -0.25) is 4.79 Å². The van der Waals surface area contributed by atoms with Crippen LogP contribution in [0.2, 0.25) is 0 Å². The lowest BCUT2D eigenvalue weighted by Gasteiger charge is -2.10. The quantitative estimate of drug-likeness (QED) is 0.561. The van der Waals surface area contributed by atoms with Crippen LogP contribution >= 0.6 is 22.6 Å². The van der Waals surface area contributed by atoms with Gasteiger partial charge in [0, 0.05) is 22.7 Å². The summed E-state index contributed by atoms with van der Waals surface area (Å²) >= 11 is 2.11. The standard InChI is InChI=1S/C12H17IN2O2/c1-8(2)14-5-6-15-12(17)10-7-9(13)3-4-11(10)16/h3-4,7-8,14,16H,5-6H2,1-2H3,(H,15,17). The van der Waals surface area contributed by atoms with Gasteiger partial charge in [-0.1, -0.05) is 13.8 Å². The molecule has 0 aliphatic rings. The normalized spacial score (nSPS) is 10.6. The van der Waals surface area contributed by atoms with E-state index < -0.39 is 0 Å². The largest absolute Gasteiger partial charge is 0.507 e. The zero-order valence-corrected chi connectivity index (χ0v) is 12.1. The second-order valence-corrected chi connectivity index (χ2v) is 5.27. The van der Waals surface area contributed by atoms with Crippen molar-refractivity contribution >= 4 is 28.5 Å². The molecule has 3 N–H and O–H groups in total. The summed E-state index contributed by atoms with van der Waals surface area (Å²) in [5, 5.41) is 15.5. The van der Waals surface area contributed by atoms with Gasteiger partial charge in [-0.25, -0.2) is 0 Å². The number of phenols is 1. The van der Waals surface area contributed by atoms with Gasteiger partial charge >= 0.3 is 0 Å². The summed E-state index contributed by atoms with van der Waals surface area (Å²) in [6.07, 6.45) is 0. The van der Waals surface area contributed by atoms with Crippen molar-refractivity contribution < 1.29 is 9.90 Å². The SMILES string of the molecule is CC(C)NCCNC(=O)c1cc(I)ccc1O. The highest BCUT2D eigenvalue weighted by molar-refractivity contribution is 14.1. The van der Waals surface area contributed by atoms with E-state index in [4.69, 9.17) is 0 Å². The van der Waals surface area contributed by atoms with Crippen molar-refractivity contribution in [3.8, 4) is 5.75 Å². The number of benzene rings is 1. The van der Waals surface area contributed by atoms with Crippen molar-refractivity contribution in [1.82, 2.24) is 10.6 Å². The lowest BCUT2D eigenvalue weighted by atomic mass is 10.2. The highest BCUT2D eigenvalue weighted by Gasteiger charge is 2.10. The van der Waals surface area contributed by atoms with Crippen LogP contribution in [-0.4, -0.2) is 30.1 Å². The third-order valence-corrected chi connectivity index (χ3v) is 2.84. The second kappa shape index (κ2) is 6.80. The molecule has 0 radical (unpaired) electrons. The number of nitrogens with one attached hydrogen (secondary N) is 2. The van der Waals surface area contributed by atoms with E-state index in [1.165, 1.54) is 6.07 Å². The van der Waals surface area contributed by atoms with Crippen LogP contribution in [0.3, 0.4) is 0 Å². The fourth-order valence-electron chi connectivity index (χ4n) is 1.32. The Kier molecular flexibility index (Phi) is 5.70. The molecule has 0 fully saturated rings. The van der Waals surface area contributed by atoms with Gasteiger partial charge in [0.25, 0.3) is 5.91 Å². The summed E-state index contributed by atoms with van der Waals surface area (Å²) < 4.78 is 0.922. The lowest BCUT2D eigenvalue weighted by Crippen LogP contribution is -2.34. The fraction of sp³-hybridized carbons (Fsp3) is 0.417. The molecule has 0 aliphatic heterocycles. The van der Waals surface area contributed by atoms with Gasteiger partial charge in [0.2, 0.25) is 0 Å². The third-order valence-electron chi connectivity index (χ3n) is 2.17. The van der Waals surface area contributed by atoms with Crippen LogP contribution in [0.4, 0.5) is 0 Å². The van der Waals surface area contributed by atoms with Gasteiger partial charge in [-0.05, 0) is 40.8 Å². The molecule has 0 aromatic heterocycles. The maximum atomic E-state index is 11.8. The number of phenolic OH excluding ortho intramolecular Hbond substituents is 1. The summed E-state index contributed by atoms with van der Waals surface area (Å²) in [5.41, 5.74) is 0.321. The molecule has 1 aromatic carbocycles. The Bertz CT molecular complexity index is 394. The van der Waals surface area contributed by atoms with Crippen molar-refractivity contribution in [2.24, 2.45) is 0 Å². The number of amides is 1. The van der Waals surface area contributed by atoms with E-state index in [0.29, 0.717) is 24.7 Å². The predicted octanol–water partition coefficient (Wildman–Crippen LogP) is 1.72. The molecule has 0 unspecified atom stereocenters. The first kappa shape index (κ1) is 14.2. The fourth-order valence-corrected chi connectivity index (χ4v) is 1.81. The zero-order chi connectivity index (χ0) is 12.8. The predicted molar refractivity (Wildman–Crippen MR) is 76.3 cm³/mol. The smallest absolute Gasteiger partial charge is 0.255 e. The molecule has 1 amide bonds. The Hall–Kier alpha value is -0.820. The van der Waals surface area contributed by atoms with E-state index in [2.05, 4.69) is 33.2 Å². The van der Waals surface area contributed by atoms with E-state index in [0.717, 1.165) is 3.57 Å². The third kappa shape index (κ3) is 4.91. The van der Waals surface area contributed by atoms with E-state index in [1.807, 2.05) is 13.8 Å². The van der Waals surface area contributed by atoms with Crippen LogP contribution < -0.4 is 10.6 Å². The Morgan fingerprint density at radius 1 is 1.41 bits per heavy atom. The van der Waals surface area contributed by atoms with Gasteiger partial charge in [0.05, 0.1) is 5.56 Å². The number of hydrogen-bond acceptors (Lipinski definition) is 3. The minimum atomic E-state index is -0.244. The second-order valence-electron chi connectivity index (χ2n) is 4.03. The van der Waals surface area contributed by atoms with Crippen LogP contribution in [-0.2, 0) is 0 Å². The molecule has 94 valence electrons.